The molecule has 4 nitrogen and oxygen atoms in total. The molecule has 1 N–H and O–H groups in total. The molecule has 0 saturated carbocycles. The van der Waals surface area contributed by atoms with Gasteiger partial charge in [-0.2, -0.15) is 0 Å². The van der Waals surface area contributed by atoms with E-state index in [1.54, 1.807) is 0 Å². The molecular weight excluding hydrogens is 240 g/mol. The van der Waals surface area contributed by atoms with Crippen LogP contribution in [0.4, 0.5) is 0 Å². The van der Waals surface area contributed by atoms with Crippen molar-refractivity contribution in [1.82, 2.24) is 10.2 Å². The Balaban J connectivity index is 3.28. The molecule has 0 radical (unpaired) electrons. The fourth-order valence-corrected chi connectivity index (χ4v) is 3.12. The first-order valence-electron chi connectivity index (χ1n) is 7.47. The Morgan fingerprint density at radius 1 is 1.16 bits per heavy atom. The van der Waals surface area contributed by atoms with Gasteiger partial charge in [-0.25, -0.2) is 0 Å². The number of hydrogen-bond donors (Lipinski definition) is 1. The van der Waals surface area contributed by atoms with E-state index in [0.717, 1.165) is 19.3 Å². The molecule has 0 aliphatic carbocycles. The smallest absolute Gasteiger partial charge is 0.249 e. The van der Waals surface area contributed by atoms with Crippen molar-refractivity contribution in [3.8, 4) is 0 Å². The predicted octanol–water partition coefficient (Wildman–Crippen LogP) is 2.47. The molecule has 0 aromatic carbocycles. The number of rotatable bonds is 5. The minimum absolute atomic E-state index is 0.0383. The first-order chi connectivity index (χ1) is 8.81. The predicted molar refractivity (Wildman–Crippen MR) is 76.8 cm³/mol. The quantitative estimate of drug-likeness (QED) is 0.832. The van der Waals surface area contributed by atoms with Gasteiger partial charge < -0.3 is 10.2 Å². The number of piperazine rings is 1. The first kappa shape index (κ1) is 16.0. The van der Waals surface area contributed by atoms with Crippen LogP contribution in [0.15, 0.2) is 0 Å². The Morgan fingerprint density at radius 2 is 1.63 bits per heavy atom. The monoisotopic (exact) mass is 268 g/mol. The van der Waals surface area contributed by atoms with Crippen LogP contribution in [-0.4, -0.2) is 33.8 Å². The summed E-state index contributed by atoms with van der Waals surface area (Å²) in [5.41, 5.74) is -0.959. The molecule has 2 unspecified atom stereocenters. The highest BCUT2D eigenvalue weighted by molar-refractivity contribution is 5.99. The second kappa shape index (κ2) is 5.51. The molecule has 1 heterocycles. The molecule has 0 aromatic heterocycles. The Morgan fingerprint density at radius 3 is 2.00 bits per heavy atom. The summed E-state index contributed by atoms with van der Waals surface area (Å²) in [5, 5.41) is 2.89. The zero-order valence-corrected chi connectivity index (χ0v) is 13.2. The minimum Gasteiger partial charge on any atom is -0.340 e. The first-order valence-corrected chi connectivity index (χ1v) is 7.47. The Hall–Kier alpha value is -1.06. The van der Waals surface area contributed by atoms with Gasteiger partial charge in [0.25, 0.3) is 0 Å². The van der Waals surface area contributed by atoms with Gasteiger partial charge in [0.15, 0.2) is 0 Å². The van der Waals surface area contributed by atoms with Crippen LogP contribution in [0.2, 0.25) is 0 Å². The number of carbonyl (C=O) groups excluding carboxylic acids is 2. The highest BCUT2D eigenvalue weighted by Crippen LogP contribution is 2.35. The molecular formula is C15H28N2O2. The van der Waals surface area contributed by atoms with Crippen LogP contribution in [0.1, 0.15) is 67.2 Å². The minimum atomic E-state index is -0.756. The average molecular weight is 268 g/mol. The highest BCUT2D eigenvalue weighted by Gasteiger charge is 2.51. The summed E-state index contributed by atoms with van der Waals surface area (Å²) in [5.74, 6) is 0.0244. The van der Waals surface area contributed by atoms with E-state index in [9.17, 15) is 9.59 Å². The van der Waals surface area contributed by atoms with Crippen molar-refractivity contribution >= 4 is 11.8 Å². The van der Waals surface area contributed by atoms with Crippen LogP contribution in [0, 0.1) is 0 Å². The number of amides is 2. The molecule has 0 aromatic rings. The summed E-state index contributed by atoms with van der Waals surface area (Å²) < 4.78 is 0. The second-order valence-corrected chi connectivity index (χ2v) is 5.81. The van der Waals surface area contributed by atoms with Crippen molar-refractivity contribution in [3.63, 3.8) is 0 Å². The maximum Gasteiger partial charge on any atom is 0.249 e. The molecule has 0 bridgehead atoms. The maximum absolute atomic E-state index is 12.9. The summed E-state index contributed by atoms with van der Waals surface area (Å²) in [4.78, 5) is 26.9. The fraction of sp³-hybridized carbons (Fsp3) is 0.867. The molecule has 1 fully saturated rings. The van der Waals surface area contributed by atoms with E-state index in [-0.39, 0.29) is 23.4 Å². The van der Waals surface area contributed by atoms with Gasteiger partial charge in [-0.05, 0) is 39.5 Å². The van der Waals surface area contributed by atoms with Crippen molar-refractivity contribution in [3.05, 3.63) is 0 Å². The largest absolute Gasteiger partial charge is 0.340 e. The molecule has 1 saturated heterocycles. The third kappa shape index (κ3) is 2.37. The van der Waals surface area contributed by atoms with Crippen LogP contribution in [0.25, 0.3) is 0 Å². The number of nitrogens with zero attached hydrogens (tertiary/aromatic N) is 1. The zero-order chi connectivity index (χ0) is 14.8. The van der Waals surface area contributed by atoms with E-state index in [1.807, 2.05) is 25.7 Å². The molecule has 1 rings (SSSR count). The molecule has 4 heteroatoms. The summed E-state index contributed by atoms with van der Waals surface area (Å²) in [6.45, 7) is 11.9. The Kier molecular flexibility index (Phi) is 4.64. The van der Waals surface area contributed by atoms with E-state index >= 15 is 0 Å². The van der Waals surface area contributed by atoms with Crippen LogP contribution in [-0.2, 0) is 9.59 Å². The second-order valence-electron chi connectivity index (χ2n) is 5.81. The van der Waals surface area contributed by atoms with Gasteiger partial charge in [-0.3, -0.25) is 9.59 Å². The van der Waals surface area contributed by atoms with Crippen molar-refractivity contribution in [2.75, 3.05) is 0 Å². The number of nitrogens with one attached hydrogen (secondary N) is 1. The van der Waals surface area contributed by atoms with Gasteiger partial charge in [0.2, 0.25) is 11.8 Å². The van der Waals surface area contributed by atoms with E-state index in [4.69, 9.17) is 0 Å². The SMILES string of the molecule is CCC1(C)NC(=O)C(C)N(C(CC)(CC)CC)C1=O. The molecule has 19 heavy (non-hydrogen) atoms. The third-order valence-corrected chi connectivity index (χ3v) is 5.05. The van der Waals surface area contributed by atoms with Gasteiger partial charge >= 0.3 is 0 Å². The summed E-state index contributed by atoms with van der Waals surface area (Å²) in [6.07, 6.45) is 3.25. The van der Waals surface area contributed by atoms with Crippen LogP contribution < -0.4 is 5.32 Å². The highest BCUT2D eigenvalue weighted by atomic mass is 16.2. The Labute approximate surface area is 116 Å². The molecule has 1 aliphatic heterocycles. The summed E-state index contributed by atoms with van der Waals surface area (Å²) in [6, 6.07) is -0.382. The lowest BCUT2D eigenvalue weighted by atomic mass is 9.81. The van der Waals surface area contributed by atoms with Gasteiger partial charge in [0.05, 0.1) is 0 Å². The number of carbonyl (C=O) groups is 2. The lowest BCUT2D eigenvalue weighted by Gasteiger charge is -2.52. The fourth-order valence-electron chi connectivity index (χ4n) is 3.12. The van der Waals surface area contributed by atoms with E-state index in [2.05, 4.69) is 26.1 Å². The summed E-state index contributed by atoms with van der Waals surface area (Å²) >= 11 is 0. The van der Waals surface area contributed by atoms with Crippen LogP contribution in [0.3, 0.4) is 0 Å². The molecule has 110 valence electrons. The standard InChI is InChI=1S/C15H28N2O2/c1-7-14(6)13(19)17(11(5)12(18)16-14)15(8-2,9-3)10-4/h11H,7-10H2,1-6H3,(H,16,18). The zero-order valence-electron chi connectivity index (χ0n) is 13.2. The van der Waals surface area contributed by atoms with Gasteiger partial charge in [0, 0.05) is 5.54 Å². The van der Waals surface area contributed by atoms with Crippen molar-refractivity contribution in [2.45, 2.75) is 84.3 Å². The topological polar surface area (TPSA) is 49.4 Å². The van der Waals surface area contributed by atoms with Gasteiger partial charge in [-0.15, -0.1) is 0 Å². The van der Waals surface area contributed by atoms with Crippen molar-refractivity contribution in [1.29, 1.82) is 0 Å². The maximum atomic E-state index is 12.9. The normalized spacial score (nSPS) is 28.5. The van der Waals surface area contributed by atoms with Gasteiger partial charge in [-0.1, -0.05) is 27.7 Å². The van der Waals surface area contributed by atoms with E-state index in [0.29, 0.717) is 6.42 Å². The molecule has 2 atom stereocenters. The van der Waals surface area contributed by atoms with Crippen LogP contribution >= 0.6 is 0 Å². The lowest BCUT2D eigenvalue weighted by Crippen LogP contribution is -2.73. The average Bonchev–Trinajstić information content (AvgIpc) is 2.42. The summed E-state index contributed by atoms with van der Waals surface area (Å²) in [7, 11) is 0. The van der Waals surface area contributed by atoms with E-state index in [1.165, 1.54) is 0 Å². The third-order valence-electron chi connectivity index (χ3n) is 5.05. The number of hydrogen-bond acceptors (Lipinski definition) is 2. The van der Waals surface area contributed by atoms with Gasteiger partial charge in [0.1, 0.15) is 11.6 Å². The lowest BCUT2D eigenvalue weighted by molar-refractivity contribution is -0.162. The molecule has 0 spiro atoms. The van der Waals surface area contributed by atoms with E-state index < -0.39 is 5.54 Å². The Bertz CT molecular complexity index is 355. The molecule has 2 amide bonds. The molecule has 1 aliphatic rings. The van der Waals surface area contributed by atoms with Crippen molar-refractivity contribution < 1.29 is 9.59 Å². The van der Waals surface area contributed by atoms with Crippen molar-refractivity contribution in [2.24, 2.45) is 0 Å². The van der Waals surface area contributed by atoms with Crippen LogP contribution in [0.5, 0.6) is 0 Å².